The molecule has 0 saturated carbocycles. The quantitative estimate of drug-likeness (QED) is 0.732. The molecule has 1 N–H and O–H groups in total. The average Bonchev–Trinajstić information content (AvgIpc) is 2.59. The molecule has 2 unspecified atom stereocenters. The number of hydrogen-bond acceptors (Lipinski definition) is 3. The molecule has 3 nitrogen and oxygen atoms in total. The van der Waals surface area contributed by atoms with Crippen LogP contribution in [0.15, 0.2) is 0 Å². The summed E-state index contributed by atoms with van der Waals surface area (Å²) >= 11 is 0. The first-order chi connectivity index (χ1) is 7.49. The van der Waals surface area contributed by atoms with Crippen LogP contribution in [-0.4, -0.2) is 25.7 Å². The lowest BCUT2D eigenvalue weighted by Crippen LogP contribution is -2.33. The van der Waals surface area contributed by atoms with Crippen LogP contribution < -0.4 is 5.32 Å². The van der Waals surface area contributed by atoms with Gasteiger partial charge in [0.1, 0.15) is 0 Å². The predicted octanol–water partition coefficient (Wildman–Crippen LogP) is 2.21. The third-order valence-electron chi connectivity index (χ3n) is 3.58. The number of hydrogen-bond donors (Lipinski definition) is 1. The summed E-state index contributed by atoms with van der Waals surface area (Å²) in [6, 6.07) is 0. The minimum Gasteiger partial charge on any atom is -0.466 e. The minimum atomic E-state index is -0.0289. The van der Waals surface area contributed by atoms with Gasteiger partial charge in [-0.3, -0.25) is 4.79 Å². The molecule has 0 aromatic carbocycles. The van der Waals surface area contributed by atoms with Crippen molar-refractivity contribution in [2.45, 2.75) is 40.5 Å². The van der Waals surface area contributed by atoms with E-state index in [2.05, 4.69) is 26.1 Å². The van der Waals surface area contributed by atoms with Crippen molar-refractivity contribution in [2.75, 3.05) is 19.7 Å². The molecule has 0 aliphatic carbocycles. The van der Waals surface area contributed by atoms with E-state index >= 15 is 0 Å². The molecule has 0 bridgehead atoms. The van der Waals surface area contributed by atoms with Crippen LogP contribution in [0.2, 0.25) is 0 Å². The second-order valence-corrected chi connectivity index (χ2v) is 5.52. The third kappa shape index (κ3) is 3.21. The van der Waals surface area contributed by atoms with Crippen molar-refractivity contribution in [3.8, 4) is 0 Å². The van der Waals surface area contributed by atoms with Crippen molar-refractivity contribution < 1.29 is 9.53 Å². The van der Waals surface area contributed by atoms with Crippen molar-refractivity contribution >= 4 is 5.97 Å². The summed E-state index contributed by atoms with van der Waals surface area (Å²) in [6.45, 7) is 10.7. The van der Waals surface area contributed by atoms with Crippen LogP contribution in [0.5, 0.6) is 0 Å². The highest BCUT2D eigenvalue weighted by Crippen LogP contribution is 2.37. The number of esters is 1. The number of ether oxygens (including phenoxy) is 1. The molecule has 0 radical (unpaired) electrons. The van der Waals surface area contributed by atoms with Gasteiger partial charge in [-0.2, -0.15) is 0 Å². The Kier molecular flexibility index (Phi) is 4.78. The highest BCUT2D eigenvalue weighted by molar-refractivity contribution is 5.74. The van der Waals surface area contributed by atoms with E-state index in [1.165, 1.54) is 6.42 Å². The first-order valence-electron chi connectivity index (χ1n) is 6.37. The molecule has 0 aromatic rings. The van der Waals surface area contributed by atoms with Crippen molar-refractivity contribution in [1.82, 2.24) is 5.32 Å². The van der Waals surface area contributed by atoms with Gasteiger partial charge in [0.25, 0.3) is 0 Å². The molecular weight excluding hydrogens is 202 g/mol. The summed E-state index contributed by atoms with van der Waals surface area (Å²) < 4.78 is 5.15. The summed E-state index contributed by atoms with van der Waals surface area (Å²) in [7, 11) is 0. The molecule has 1 saturated heterocycles. The fourth-order valence-electron chi connectivity index (χ4n) is 2.36. The van der Waals surface area contributed by atoms with Crippen LogP contribution in [0.25, 0.3) is 0 Å². The van der Waals surface area contributed by atoms with E-state index in [0.717, 1.165) is 19.5 Å². The Morgan fingerprint density at radius 2 is 2.25 bits per heavy atom. The normalized spacial score (nSPS) is 29.7. The number of nitrogens with one attached hydrogen (secondary N) is 1. The van der Waals surface area contributed by atoms with E-state index in [0.29, 0.717) is 12.5 Å². The zero-order chi connectivity index (χ0) is 12.2. The fraction of sp³-hybridized carbons (Fsp3) is 0.923. The molecular formula is C13H25NO2. The first kappa shape index (κ1) is 13.5. The maximum absolute atomic E-state index is 11.8. The monoisotopic (exact) mass is 227 g/mol. The van der Waals surface area contributed by atoms with Gasteiger partial charge in [-0.1, -0.05) is 27.2 Å². The summed E-state index contributed by atoms with van der Waals surface area (Å²) in [6.07, 6.45) is 2.27. The van der Waals surface area contributed by atoms with E-state index in [4.69, 9.17) is 4.74 Å². The van der Waals surface area contributed by atoms with Gasteiger partial charge >= 0.3 is 5.97 Å². The van der Waals surface area contributed by atoms with Crippen molar-refractivity contribution in [3.63, 3.8) is 0 Å². The molecule has 1 aliphatic heterocycles. The molecule has 1 fully saturated rings. The van der Waals surface area contributed by atoms with Crippen LogP contribution in [0, 0.1) is 17.3 Å². The average molecular weight is 227 g/mol. The van der Waals surface area contributed by atoms with E-state index in [1.54, 1.807) is 0 Å². The maximum Gasteiger partial charge on any atom is 0.310 e. The van der Waals surface area contributed by atoms with E-state index in [-0.39, 0.29) is 17.3 Å². The number of rotatable bonds is 5. The minimum absolute atomic E-state index is 0.0289. The smallest absolute Gasteiger partial charge is 0.310 e. The van der Waals surface area contributed by atoms with Gasteiger partial charge in [-0.05, 0) is 24.7 Å². The van der Waals surface area contributed by atoms with Crippen LogP contribution in [0.3, 0.4) is 0 Å². The first-order valence-corrected chi connectivity index (χ1v) is 6.37. The van der Waals surface area contributed by atoms with Crippen molar-refractivity contribution in [2.24, 2.45) is 17.3 Å². The second-order valence-electron chi connectivity index (χ2n) is 5.52. The van der Waals surface area contributed by atoms with Gasteiger partial charge in [-0.15, -0.1) is 0 Å². The molecule has 94 valence electrons. The van der Waals surface area contributed by atoms with Gasteiger partial charge in [-0.25, -0.2) is 0 Å². The molecule has 3 heteroatoms. The molecule has 1 aliphatic rings. The summed E-state index contributed by atoms with van der Waals surface area (Å²) in [4.78, 5) is 11.8. The SMILES string of the molecule is CCOC(=O)C1CNCC1(C)CCC(C)C. The highest BCUT2D eigenvalue weighted by Gasteiger charge is 2.43. The topological polar surface area (TPSA) is 38.3 Å². The molecule has 0 aromatic heterocycles. The van der Waals surface area contributed by atoms with Gasteiger partial charge in [0, 0.05) is 13.1 Å². The Labute approximate surface area is 98.9 Å². The summed E-state index contributed by atoms with van der Waals surface area (Å²) in [5, 5.41) is 3.33. The van der Waals surface area contributed by atoms with Gasteiger partial charge in [0.2, 0.25) is 0 Å². The second kappa shape index (κ2) is 5.67. The summed E-state index contributed by atoms with van der Waals surface area (Å²) in [5.74, 6) is 0.699. The molecule has 0 amide bonds. The lowest BCUT2D eigenvalue weighted by Gasteiger charge is -2.29. The zero-order valence-corrected chi connectivity index (χ0v) is 11.0. The van der Waals surface area contributed by atoms with Crippen molar-refractivity contribution in [3.05, 3.63) is 0 Å². The Morgan fingerprint density at radius 3 is 2.81 bits per heavy atom. The van der Waals surface area contributed by atoms with Gasteiger partial charge < -0.3 is 10.1 Å². The molecule has 1 rings (SSSR count). The molecule has 2 atom stereocenters. The van der Waals surface area contributed by atoms with Gasteiger partial charge in [0.05, 0.1) is 12.5 Å². The molecule has 0 spiro atoms. The Hall–Kier alpha value is -0.570. The van der Waals surface area contributed by atoms with Crippen LogP contribution >= 0.6 is 0 Å². The third-order valence-corrected chi connectivity index (χ3v) is 3.58. The standard InChI is InChI=1S/C13H25NO2/c1-5-16-12(15)11-8-14-9-13(11,4)7-6-10(2)3/h10-11,14H,5-9H2,1-4H3. The maximum atomic E-state index is 11.8. The number of carbonyl (C=O) groups excluding carboxylic acids is 1. The van der Waals surface area contributed by atoms with Crippen LogP contribution in [0.1, 0.15) is 40.5 Å². The van der Waals surface area contributed by atoms with E-state index in [1.807, 2.05) is 6.92 Å². The summed E-state index contributed by atoms with van der Waals surface area (Å²) in [5.41, 5.74) is 0.0799. The fourth-order valence-corrected chi connectivity index (χ4v) is 2.36. The van der Waals surface area contributed by atoms with Crippen molar-refractivity contribution in [1.29, 1.82) is 0 Å². The Morgan fingerprint density at radius 1 is 1.56 bits per heavy atom. The number of carbonyl (C=O) groups is 1. The van der Waals surface area contributed by atoms with Gasteiger partial charge in [0.15, 0.2) is 0 Å². The zero-order valence-electron chi connectivity index (χ0n) is 11.0. The van der Waals surface area contributed by atoms with E-state index < -0.39 is 0 Å². The van der Waals surface area contributed by atoms with Crippen LogP contribution in [0.4, 0.5) is 0 Å². The lowest BCUT2D eigenvalue weighted by molar-refractivity contribution is -0.150. The lowest BCUT2D eigenvalue weighted by atomic mass is 9.75. The predicted molar refractivity (Wildman–Crippen MR) is 65.2 cm³/mol. The largest absolute Gasteiger partial charge is 0.466 e. The molecule has 1 heterocycles. The molecule has 16 heavy (non-hydrogen) atoms. The van der Waals surface area contributed by atoms with Crippen LogP contribution in [-0.2, 0) is 9.53 Å². The Balaban J connectivity index is 2.58. The van der Waals surface area contributed by atoms with E-state index in [9.17, 15) is 4.79 Å². The highest BCUT2D eigenvalue weighted by atomic mass is 16.5. The Bertz CT molecular complexity index is 240.